The average Bonchev–Trinajstić information content (AvgIpc) is 2.61. The van der Waals surface area contributed by atoms with E-state index in [-0.39, 0.29) is 5.54 Å². The predicted octanol–water partition coefficient (Wildman–Crippen LogP) is 0.375. The lowest BCUT2D eigenvalue weighted by Crippen LogP contribution is -2.63. The largest absolute Gasteiger partial charge is 0.381 e. The van der Waals surface area contributed by atoms with Gasteiger partial charge >= 0.3 is 0 Å². The summed E-state index contributed by atoms with van der Waals surface area (Å²) in [5, 5.41) is 0. The van der Waals surface area contributed by atoms with Gasteiger partial charge in [0, 0.05) is 38.3 Å². The van der Waals surface area contributed by atoms with Gasteiger partial charge in [0.1, 0.15) is 0 Å². The number of likely N-dealkylation sites (N-methyl/N-ethyl adjacent to an activating group) is 1. The maximum absolute atomic E-state index is 6.02. The lowest BCUT2D eigenvalue weighted by Gasteiger charge is -2.52. The Morgan fingerprint density at radius 2 is 2.00 bits per heavy atom. The summed E-state index contributed by atoms with van der Waals surface area (Å²) >= 11 is 0. The number of methoxy groups -OCH3 is 1. The van der Waals surface area contributed by atoms with Crippen molar-refractivity contribution in [1.29, 1.82) is 0 Å². The molecule has 2 aliphatic rings. The van der Waals surface area contributed by atoms with Gasteiger partial charge in [-0.1, -0.05) is 6.92 Å². The van der Waals surface area contributed by atoms with Crippen molar-refractivity contribution in [3.63, 3.8) is 0 Å². The standard InChI is InChI=1S/C13H27N3O/c1-10-7-16(8-12(10)15(2)3)13(9-14)5-11(6-13)17-4/h10-12H,5-9,14H2,1-4H3. The summed E-state index contributed by atoms with van der Waals surface area (Å²) in [5.74, 6) is 0.731. The highest BCUT2D eigenvalue weighted by atomic mass is 16.5. The van der Waals surface area contributed by atoms with Crippen LogP contribution in [0.2, 0.25) is 0 Å². The van der Waals surface area contributed by atoms with Crippen molar-refractivity contribution in [2.75, 3.05) is 40.8 Å². The molecule has 1 saturated heterocycles. The van der Waals surface area contributed by atoms with Crippen LogP contribution in [0.25, 0.3) is 0 Å². The van der Waals surface area contributed by atoms with Crippen molar-refractivity contribution in [1.82, 2.24) is 9.80 Å². The number of hydrogen-bond acceptors (Lipinski definition) is 4. The predicted molar refractivity (Wildman–Crippen MR) is 70.0 cm³/mol. The van der Waals surface area contributed by atoms with Crippen LogP contribution in [0.4, 0.5) is 0 Å². The molecule has 1 heterocycles. The normalized spacial score (nSPS) is 43.1. The van der Waals surface area contributed by atoms with Crippen LogP contribution in [0.5, 0.6) is 0 Å². The molecule has 0 spiro atoms. The molecule has 1 saturated carbocycles. The Hall–Kier alpha value is -0.160. The summed E-state index contributed by atoms with van der Waals surface area (Å²) < 4.78 is 5.41. The van der Waals surface area contributed by atoms with Crippen molar-refractivity contribution in [2.45, 2.75) is 37.5 Å². The quantitative estimate of drug-likeness (QED) is 0.772. The minimum absolute atomic E-state index is 0.222. The summed E-state index contributed by atoms with van der Waals surface area (Å²) in [6, 6.07) is 0.667. The van der Waals surface area contributed by atoms with Gasteiger partial charge in [-0.15, -0.1) is 0 Å². The third-order valence-electron chi connectivity index (χ3n) is 4.84. The van der Waals surface area contributed by atoms with Crippen LogP contribution in [0, 0.1) is 5.92 Å². The second-order valence-corrected chi connectivity index (χ2v) is 6.11. The molecular weight excluding hydrogens is 214 g/mol. The fourth-order valence-electron chi connectivity index (χ4n) is 3.52. The van der Waals surface area contributed by atoms with Crippen LogP contribution in [-0.4, -0.2) is 68.3 Å². The fourth-order valence-corrected chi connectivity index (χ4v) is 3.52. The minimum atomic E-state index is 0.222. The zero-order valence-corrected chi connectivity index (χ0v) is 11.6. The SMILES string of the molecule is COC1CC(CN)(N2CC(C)C(N(C)C)C2)C1. The van der Waals surface area contributed by atoms with Crippen molar-refractivity contribution >= 4 is 0 Å². The third kappa shape index (κ3) is 2.24. The molecule has 17 heavy (non-hydrogen) atoms. The molecule has 2 rings (SSSR count). The van der Waals surface area contributed by atoms with Crippen molar-refractivity contribution < 1.29 is 4.74 Å². The number of hydrogen-bond donors (Lipinski definition) is 1. The van der Waals surface area contributed by atoms with E-state index in [1.807, 2.05) is 0 Å². The summed E-state index contributed by atoms with van der Waals surface area (Å²) in [4.78, 5) is 4.96. The van der Waals surface area contributed by atoms with Gasteiger partial charge in [-0.25, -0.2) is 0 Å². The molecule has 4 heteroatoms. The summed E-state index contributed by atoms with van der Waals surface area (Å²) in [7, 11) is 6.16. The lowest BCUT2D eigenvalue weighted by atomic mass is 9.73. The zero-order valence-electron chi connectivity index (χ0n) is 11.6. The summed E-state index contributed by atoms with van der Waals surface area (Å²) in [6.07, 6.45) is 2.63. The van der Waals surface area contributed by atoms with E-state index in [0.717, 1.165) is 31.8 Å². The molecule has 2 unspecified atom stereocenters. The highest BCUT2D eigenvalue weighted by Gasteiger charge is 2.51. The minimum Gasteiger partial charge on any atom is -0.381 e. The zero-order chi connectivity index (χ0) is 12.6. The highest BCUT2D eigenvalue weighted by molar-refractivity contribution is 5.07. The van der Waals surface area contributed by atoms with Gasteiger partial charge in [-0.05, 0) is 32.9 Å². The first kappa shape index (κ1) is 13.3. The van der Waals surface area contributed by atoms with Gasteiger partial charge < -0.3 is 15.4 Å². The molecule has 0 radical (unpaired) electrons. The second kappa shape index (κ2) is 4.84. The van der Waals surface area contributed by atoms with Gasteiger partial charge in [0.05, 0.1) is 6.10 Å². The van der Waals surface area contributed by atoms with E-state index in [2.05, 4.69) is 30.8 Å². The molecule has 1 aliphatic carbocycles. The van der Waals surface area contributed by atoms with Crippen LogP contribution in [-0.2, 0) is 4.74 Å². The number of nitrogens with two attached hydrogens (primary N) is 1. The fraction of sp³-hybridized carbons (Fsp3) is 1.00. The maximum atomic E-state index is 6.02. The summed E-state index contributed by atoms with van der Waals surface area (Å²) in [5.41, 5.74) is 6.24. The molecule has 2 fully saturated rings. The van der Waals surface area contributed by atoms with Gasteiger partial charge in [0.15, 0.2) is 0 Å². The Labute approximate surface area is 105 Å². The van der Waals surface area contributed by atoms with Gasteiger partial charge in [-0.2, -0.15) is 0 Å². The highest BCUT2D eigenvalue weighted by Crippen LogP contribution is 2.41. The molecule has 100 valence electrons. The molecule has 4 nitrogen and oxygen atoms in total. The van der Waals surface area contributed by atoms with E-state index >= 15 is 0 Å². The molecule has 0 amide bonds. The van der Waals surface area contributed by atoms with E-state index < -0.39 is 0 Å². The van der Waals surface area contributed by atoms with Crippen LogP contribution < -0.4 is 5.73 Å². The Morgan fingerprint density at radius 1 is 1.35 bits per heavy atom. The van der Waals surface area contributed by atoms with Crippen molar-refractivity contribution in [3.05, 3.63) is 0 Å². The van der Waals surface area contributed by atoms with Crippen LogP contribution in [0.3, 0.4) is 0 Å². The van der Waals surface area contributed by atoms with E-state index in [1.165, 1.54) is 6.54 Å². The Bertz CT molecular complexity index is 263. The Kier molecular flexibility index (Phi) is 3.78. The molecule has 2 atom stereocenters. The van der Waals surface area contributed by atoms with E-state index in [1.54, 1.807) is 7.11 Å². The molecule has 2 N–H and O–H groups in total. The average molecular weight is 241 g/mol. The monoisotopic (exact) mass is 241 g/mol. The number of ether oxygens (including phenoxy) is 1. The first-order valence-corrected chi connectivity index (χ1v) is 6.67. The van der Waals surface area contributed by atoms with Crippen LogP contribution in [0.1, 0.15) is 19.8 Å². The molecule has 0 aromatic rings. The molecular formula is C13H27N3O. The van der Waals surface area contributed by atoms with Crippen molar-refractivity contribution in [2.24, 2.45) is 11.7 Å². The second-order valence-electron chi connectivity index (χ2n) is 6.11. The van der Waals surface area contributed by atoms with Gasteiger partial charge in [0.2, 0.25) is 0 Å². The van der Waals surface area contributed by atoms with E-state index in [9.17, 15) is 0 Å². The maximum Gasteiger partial charge on any atom is 0.0607 e. The number of nitrogens with zero attached hydrogens (tertiary/aromatic N) is 2. The lowest BCUT2D eigenvalue weighted by molar-refractivity contribution is -0.0813. The molecule has 0 aromatic heterocycles. The Morgan fingerprint density at radius 3 is 2.41 bits per heavy atom. The Balaban J connectivity index is 1.99. The summed E-state index contributed by atoms with van der Waals surface area (Å²) in [6.45, 7) is 5.44. The number of rotatable bonds is 4. The van der Waals surface area contributed by atoms with Crippen LogP contribution in [0.15, 0.2) is 0 Å². The number of likely N-dealkylation sites (tertiary alicyclic amines) is 1. The first-order valence-electron chi connectivity index (χ1n) is 6.67. The first-order chi connectivity index (χ1) is 8.02. The van der Waals surface area contributed by atoms with Crippen molar-refractivity contribution in [3.8, 4) is 0 Å². The topological polar surface area (TPSA) is 41.7 Å². The van der Waals surface area contributed by atoms with E-state index in [4.69, 9.17) is 10.5 Å². The smallest absolute Gasteiger partial charge is 0.0607 e. The molecule has 1 aliphatic heterocycles. The third-order valence-corrected chi connectivity index (χ3v) is 4.84. The van der Waals surface area contributed by atoms with Gasteiger partial charge in [-0.3, -0.25) is 4.90 Å². The molecule has 0 aromatic carbocycles. The van der Waals surface area contributed by atoms with Crippen LogP contribution >= 0.6 is 0 Å². The van der Waals surface area contributed by atoms with Gasteiger partial charge in [0.25, 0.3) is 0 Å². The van der Waals surface area contributed by atoms with E-state index in [0.29, 0.717) is 12.1 Å². The molecule has 0 bridgehead atoms.